The van der Waals surface area contributed by atoms with E-state index in [1.165, 1.54) is 24.3 Å². The Morgan fingerprint density at radius 3 is 2.32 bits per heavy atom. The van der Waals surface area contributed by atoms with E-state index in [9.17, 15) is 18.8 Å². The van der Waals surface area contributed by atoms with Gasteiger partial charge in [0.25, 0.3) is 5.91 Å². The fourth-order valence-electron chi connectivity index (χ4n) is 2.24. The third kappa shape index (κ3) is 3.73. The Morgan fingerprint density at radius 1 is 1.04 bits per heavy atom. The molecular weight excluding hydrogens is 440 g/mol. The van der Waals surface area contributed by atoms with Crippen LogP contribution >= 0.6 is 22.6 Å². The minimum absolute atomic E-state index is 0.357. The molecule has 1 saturated heterocycles. The van der Waals surface area contributed by atoms with Crippen LogP contribution in [-0.4, -0.2) is 24.1 Å². The van der Waals surface area contributed by atoms with Crippen molar-refractivity contribution in [1.82, 2.24) is 5.32 Å². The lowest BCUT2D eigenvalue weighted by Gasteiger charge is -2.28. The number of urea groups is 1. The van der Waals surface area contributed by atoms with E-state index in [0.717, 1.165) is 14.7 Å². The number of halogens is 2. The van der Waals surface area contributed by atoms with Gasteiger partial charge < -0.3 is 0 Å². The summed E-state index contributed by atoms with van der Waals surface area (Å²) in [6.45, 7) is 0. The molecule has 2 aromatic carbocycles. The van der Waals surface area contributed by atoms with Gasteiger partial charge >= 0.3 is 6.03 Å². The number of benzene rings is 2. The first-order valence-electron chi connectivity index (χ1n) is 7.20. The first kappa shape index (κ1) is 17.2. The van der Waals surface area contributed by atoms with E-state index in [0.29, 0.717) is 11.4 Å². The molecule has 0 unspecified atom stereocenters. The maximum atomic E-state index is 12.9. The van der Waals surface area contributed by atoms with Crippen molar-refractivity contribution in [2.24, 2.45) is 10.9 Å². The number of anilines is 1. The van der Waals surface area contributed by atoms with Crippen LogP contribution in [0.1, 0.15) is 0 Å². The van der Waals surface area contributed by atoms with Crippen LogP contribution in [0.4, 0.5) is 20.6 Å². The van der Waals surface area contributed by atoms with Gasteiger partial charge in [0, 0.05) is 9.78 Å². The number of rotatable bonds is 3. The van der Waals surface area contributed by atoms with Crippen molar-refractivity contribution in [2.75, 3.05) is 4.90 Å². The van der Waals surface area contributed by atoms with E-state index >= 15 is 0 Å². The lowest BCUT2D eigenvalue weighted by Crippen LogP contribution is -2.58. The average molecular weight is 451 g/mol. The predicted octanol–water partition coefficient (Wildman–Crippen LogP) is 3.03. The van der Waals surface area contributed by atoms with Gasteiger partial charge in [0.15, 0.2) is 5.92 Å². The predicted molar refractivity (Wildman–Crippen MR) is 98.2 cm³/mol. The molecule has 0 spiro atoms. The molecule has 2 aromatic rings. The SMILES string of the molecule is O=C1NC(=O)N(c2ccc(I)cc2)C(=O)[C@@H]1C=Nc1ccc(F)cc1. The van der Waals surface area contributed by atoms with Crippen LogP contribution in [-0.2, 0) is 9.59 Å². The number of hydrogen-bond donors (Lipinski definition) is 1. The molecule has 1 atom stereocenters. The molecule has 0 aromatic heterocycles. The second kappa shape index (κ2) is 7.09. The highest BCUT2D eigenvalue weighted by molar-refractivity contribution is 14.1. The van der Waals surface area contributed by atoms with Crippen LogP contribution in [0, 0.1) is 15.3 Å². The number of carbonyl (C=O) groups excluding carboxylic acids is 3. The molecule has 126 valence electrons. The van der Waals surface area contributed by atoms with Gasteiger partial charge in [-0.15, -0.1) is 0 Å². The second-order valence-electron chi connectivity index (χ2n) is 5.18. The Balaban J connectivity index is 1.87. The number of barbiturate groups is 1. The summed E-state index contributed by atoms with van der Waals surface area (Å²) in [5.74, 6) is -3.11. The Hall–Kier alpha value is -2.62. The lowest BCUT2D eigenvalue weighted by molar-refractivity contribution is -0.131. The van der Waals surface area contributed by atoms with Crippen molar-refractivity contribution >= 4 is 58.0 Å². The molecule has 0 bridgehead atoms. The molecule has 25 heavy (non-hydrogen) atoms. The number of nitrogens with one attached hydrogen (secondary N) is 1. The molecule has 1 fully saturated rings. The summed E-state index contributed by atoms with van der Waals surface area (Å²) < 4.78 is 13.8. The lowest BCUT2D eigenvalue weighted by atomic mass is 10.1. The van der Waals surface area contributed by atoms with Crippen molar-refractivity contribution in [3.05, 3.63) is 57.9 Å². The third-order valence-corrected chi connectivity index (χ3v) is 4.21. The fourth-order valence-corrected chi connectivity index (χ4v) is 2.60. The minimum atomic E-state index is -1.25. The van der Waals surface area contributed by atoms with Crippen molar-refractivity contribution in [3.8, 4) is 0 Å². The van der Waals surface area contributed by atoms with Gasteiger partial charge in [-0.25, -0.2) is 14.1 Å². The van der Waals surface area contributed by atoms with Crippen LogP contribution in [0.25, 0.3) is 0 Å². The highest BCUT2D eigenvalue weighted by atomic mass is 127. The molecule has 1 heterocycles. The highest BCUT2D eigenvalue weighted by Crippen LogP contribution is 2.22. The first-order chi connectivity index (χ1) is 12.0. The summed E-state index contributed by atoms with van der Waals surface area (Å²) >= 11 is 2.10. The van der Waals surface area contributed by atoms with E-state index < -0.39 is 29.6 Å². The van der Waals surface area contributed by atoms with Crippen molar-refractivity contribution in [1.29, 1.82) is 0 Å². The van der Waals surface area contributed by atoms with Gasteiger partial charge in [0.2, 0.25) is 5.91 Å². The van der Waals surface area contributed by atoms with Gasteiger partial charge in [-0.1, -0.05) is 0 Å². The van der Waals surface area contributed by atoms with E-state index in [-0.39, 0.29) is 0 Å². The number of nitrogens with zero attached hydrogens (tertiary/aromatic N) is 2. The normalized spacial score (nSPS) is 17.9. The van der Waals surface area contributed by atoms with E-state index in [1.54, 1.807) is 24.3 Å². The summed E-state index contributed by atoms with van der Waals surface area (Å²) in [6, 6.07) is 11.2. The maximum Gasteiger partial charge on any atom is 0.335 e. The number of hydrogen-bond acceptors (Lipinski definition) is 4. The van der Waals surface area contributed by atoms with E-state index in [4.69, 9.17) is 0 Å². The summed E-state index contributed by atoms with van der Waals surface area (Å²) in [4.78, 5) is 41.6. The van der Waals surface area contributed by atoms with Crippen molar-refractivity contribution in [3.63, 3.8) is 0 Å². The van der Waals surface area contributed by atoms with Crippen LogP contribution < -0.4 is 10.2 Å². The third-order valence-electron chi connectivity index (χ3n) is 3.49. The van der Waals surface area contributed by atoms with E-state index in [1.807, 2.05) is 0 Å². The van der Waals surface area contributed by atoms with Gasteiger partial charge in [-0.2, -0.15) is 0 Å². The van der Waals surface area contributed by atoms with Crippen LogP contribution in [0.15, 0.2) is 53.5 Å². The Kier molecular flexibility index (Phi) is 4.88. The highest BCUT2D eigenvalue weighted by Gasteiger charge is 2.40. The van der Waals surface area contributed by atoms with E-state index in [2.05, 4.69) is 32.9 Å². The molecule has 1 aliphatic rings. The molecule has 0 aliphatic carbocycles. The molecule has 4 amide bonds. The van der Waals surface area contributed by atoms with Crippen LogP contribution in [0.2, 0.25) is 0 Å². The monoisotopic (exact) mass is 451 g/mol. The number of aliphatic imine (C=N–C) groups is 1. The molecular formula is C17H11FIN3O3. The standard InChI is InChI=1S/C17H11FIN3O3/c18-10-1-5-12(6-2-10)20-9-14-15(23)21-17(25)22(16(14)24)13-7-3-11(19)4-8-13/h1-9,14H,(H,21,23,25)/t14-/m1/s1. The summed E-state index contributed by atoms with van der Waals surface area (Å²) in [7, 11) is 0. The molecule has 1 N–H and O–H groups in total. The van der Waals surface area contributed by atoms with Crippen LogP contribution in [0.3, 0.4) is 0 Å². The number of imide groups is 2. The molecule has 3 rings (SSSR count). The zero-order chi connectivity index (χ0) is 18.0. The molecule has 1 aliphatic heterocycles. The smallest absolute Gasteiger partial charge is 0.276 e. The van der Waals surface area contributed by atoms with Gasteiger partial charge in [-0.05, 0) is 71.1 Å². The quantitative estimate of drug-likeness (QED) is 0.443. The average Bonchev–Trinajstić information content (AvgIpc) is 2.57. The molecule has 0 saturated carbocycles. The van der Waals surface area contributed by atoms with Crippen LogP contribution in [0.5, 0.6) is 0 Å². The second-order valence-corrected chi connectivity index (χ2v) is 6.42. The Morgan fingerprint density at radius 2 is 1.68 bits per heavy atom. The summed E-state index contributed by atoms with van der Waals surface area (Å²) in [5.41, 5.74) is 0.746. The summed E-state index contributed by atoms with van der Waals surface area (Å²) in [6.07, 6.45) is 1.15. The Bertz CT molecular complexity index is 866. The van der Waals surface area contributed by atoms with Gasteiger partial charge in [0.05, 0.1) is 11.4 Å². The fraction of sp³-hybridized carbons (Fsp3) is 0.0588. The minimum Gasteiger partial charge on any atom is -0.276 e. The topological polar surface area (TPSA) is 78.8 Å². The van der Waals surface area contributed by atoms with Crippen molar-refractivity contribution in [2.45, 2.75) is 0 Å². The largest absolute Gasteiger partial charge is 0.335 e. The summed E-state index contributed by atoms with van der Waals surface area (Å²) in [5, 5.41) is 2.14. The zero-order valence-corrected chi connectivity index (χ0v) is 14.8. The maximum absolute atomic E-state index is 12.9. The zero-order valence-electron chi connectivity index (χ0n) is 12.6. The molecule has 8 heteroatoms. The van der Waals surface area contributed by atoms with Crippen molar-refractivity contribution < 1.29 is 18.8 Å². The first-order valence-corrected chi connectivity index (χ1v) is 8.28. The molecule has 0 radical (unpaired) electrons. The number of carbonyl (C=O) groups is 3. The van der Waals surface area contributed by atoms with Gasteiger partial charge in [0.1, 0.15) is 5.82 Å². The Labute approximate surface area is 155 Å². The molecule has 6 nitrogen and oxygen atoms in total. The van der Waals surface area contributed by atoms with Gasteiger partial charge in [-0.3, -0.25) is 19.9 Å². The number of amides is 4.